The Morgan fingerprint density at radius 3 is 2.36 bits per heavy atom. The van der Waals surface area contributed by atoms with Gasteiger partial charge in [-0.05, 0) is 12.1 Å². The van der Waals surface area contributed by atoms with E-state index >= 15 is 0 Å². The molecule has 9 heteroatoms. The normalized spacial score (nSPS) is 10.3. The zero-order valence-electron chi connectivity index (χ0n) is 11.0. The highest BCUT2D eigenvalue weighted by atomic mass is 19.1. The predicted molar refractivity (Wildman–Crippen MR) is 68.7 cm³/mol. The maximum atomic E-state index is 13.7. The third-order valence-electron chi connectivity index (χ3n) is 2.50. The number of anilines is 1. The van der Waals surface area contributed by atoms with Crippen molar-refractivity contribution in [3.05, 3.63) is 29.8 Å². The molecule has 0 radical (unpaired) electrons. The highest BCUT2D eigenvalue weighted by molar-refractivity contribution is 5.88. The molecule has 0 bridgehead atoms. The number of benzene rings is 1. The number of esters is 1. The van der Waals surface area contributed by atoms with Gasteiger partial charge in [-0.25, -0.2) is 13.6 Å². The number of furan rings is 1. The van der Waals surface area contributed by atoms with E-state index in [-0.39, 0.29) is 0 Å². The molecule has 1 heterocycles. The molecule has 0 atom stereocenters. The first-order chi connectivity index (χ1) is 10.3. The van der Waals surface area contributed by atoms with Crippen LogP contribution in [-0.2, 0) is 4.79 Å². The van der Waals surface area contributed by atoms with Crippen molar-refractivity contribution < 1.29 is 37.7 Å². The molecule has 0 unspecified atom stereocenters. The van der Waals surface area contributed by atoms with Gasteiger partial charge in [0.25, 0.3) is 5.88 Å². The molecule has 0 spiro atoms. The van der Waals surface area contributed by atoms with E-state index in [1.807, 2.05) is 0 Å². The van der Waals surface area contributed by atoms with E-state index in [4.69, 9.17) is 9.52 Å². The molecule has 3 N–H and O–H groups in total. The number of nitrogens with one attached hydrogen (secondary N) is 1. The van der Waals surface area contributed by atoms with Crippen LogP contribution in [0.25, 0.3) is 11.3 Å². The Morgan fingerprint density at radius 2 is 1.86 bits per heavy atom. The van der Waals surface area contributed by atoms with Crippen molar-refractivity contribution in [3.8, 4) is 22.8 Å². The third kappa shape index (κ3) is 2.82. The van der Waals surface area contributed by atoms with Crippen molar-refractivity contribution in [2.24, 2.45) is 0 Å². The molecule has 7 nitrogen and oxygen atoms in total. The molecule has 1 aromatic heterocycles. The molecule has 0 aliphatic carbocycles. The summed E-state index contributed by atoms with van der Waals surface area (Å²) in [6.07, 6.45) is -1.59. The van der Waals surface area contributed by atoms with Crippen molar-refractivity contribution in [2.75, 3.05) is 5.32 Å². The van der Waals surface area contributed by atoms with Gasteiger partial charge in [0, 0.05) is 6.92 Å². The van der Waals surface area contributed by atoms with Crippen LogP contribution in [0.1, 0.15) is 6.92 Å². The maximum absolute atomic E-state index is 13.7. The van der Waals surface area contributed by atoms with Crippen molar-refractivity contribution in [1.82, 2.24) is 0 Å². The largest absolute Gasteiger partial charge is 0.502 e. The molecule has 0 fully saturated rings. The lowest BCUT2D eigenvalue weighted by atomic mass is 10.1. The monoisotopic (exact) mass is 313 g/mol. The summed E-state index contributed by atoms with van der Waals surface area (Å²) in [4.78, 5) is 21.6. The Bertz CT molecular complexity index is 735. The lowest BCUT2D eigenvalue weighted by Crippen LogP contribution is -2.09. The number of rotatable bonds is 3. The highest BCUT2D eigenvalue weighted by Crippen LogP contribution is 2.47. The summed E-state index contributed by atoms with van der Waals surface area (Å²) in [6, 6.07) is 2.92. The Morgan fingerprint density at radius 1 is 1.27 bits per heavy atom. The molecule has 0 saturated heterocycles. The Labute approximate surface area is 121 Å². The first-order valence-corrected chi connectivity index (χ1v) is 5.79. The molecule has 0 saturated carbocycles. The van der Waals surface area contributed by atoms with E-state index in [0.717, 1.165) is 25.1 Å². The minimum absolute atomic E-state index is 0.683. The number of hydrogen-bond acceptors (Lipinski definition) is 5. The van der Waals surface area contributed by atoms with Gasteiger partial charge in [0.2, 0.25) is 11.5 Å². The number of ether oxygens (including phenoxy) is 1. The summed E-state index contributed by atoms with van der Waals surface area (Å²) in [5, 5.41) is 20.3. The van der Waals surface area contributed by atoms with E-state index in [2.05, 4.69) is 4.74 Å². The second kappa shape index (κ2) is 5.72. The molecule has 2 rings (SSSR count). The molecule has 0 aliphatic rings. The van der Waals surface area contributed by atoms with E-state index in [0.29, 0.717) is 0 Å². The number of hydrogen-bond donors (Lipinski definition) is 3. The summed E-state index contributed by atoms with van der Waals surface area (Å²) in [5.41, 5.74) is -0.730. The van der Waals surface area contributed by atoms with Crippen LogP contribution in [-0.4, -0.2) is 22.3 Å². The number of halogens is 2. The van der Waals surface area contributed by atoms with E-state index < -0.39 is 52.4 Å². The van der Waals surface area contributed by atoms with Crippen LogP contribution in [0.3, 0.4) is 0 Å². The summed E-state index contributed by atoms with van der Waals surface area (Å²) in [6.45, 7) is 0.986. The summed E-state index contributed by atoms with van der Waals surface area (Å²) in [5.74, 6) is -6.00. The molecular formula is C13H9F2NO6. The fraction of sp³-hybridized carbons (Fsp3) is 0.0769. The Kier molecular flexibility index (Phi) is 3.97. The van der Waals surface area contributed by atoms with Gasteiger partial charge in [-0.2, -0.15) is 0 Å². The summed E-state index contributed by atoms with van der Waals surface area (Å²) < 4.78 is 37.0. The van der Waals surface area contributed by atoms with Crippen LogP contribution in [0.15, 0.2) is 22.6 Å². The molecule has 1 aromatic carbocycles. The number of carbonyl (C=O) groups is 2. The van der Waals surface area contributed by atoms with Gasteiger partial charge in [-0.3, -0.25) is 10.1 Å². The highest BCUT2D eigenvalue weighted by Gasteiger charge is 2.28. The maximum Gasteiger partial charge on any atom is 0.411 e. The average molecular weight is 313 g/mol. The van der Waals surface area contributed by atoms with Crippen LogP contribution in [0.5, 0.6) is 11.5 Å². The van der Waals surface area contributed by atoms with Gasteiger partial charge in [-0.1, -0.05) is 6.07 Å². The molecule has 0 aliphatic heterocycles. The zero-order chi connectivity index (χ0) is 16.4. The Hall–Kier alpha value is -3.10. The van der Waals surface area contributed by atoms with Crippen LogP contribution in [0.2, 0.25) is 0 Å². The van der Waals surface area contributed by atoms with Gasteiger partial charge in [0.15, 0.2) is 5.76 Å². The minimum atomic E-state index is -1.59. The second-order valence-corrected chi connectivity index (χ2v) is 4.06. The lowest BCUT2D eigenvalue weighted by molar-refractivity contribution is -0.132. The van der Waals surface area contributed by atoms with Crippen LogP contribution < -0.4 is 10.1 Å². The van der Waals surface area contributed by atoms with E-state index in [9.17, 15) is 23.5 Å². The lowest BCUT2D eigenvalue weighted by Gasteiger charge is -2.02. The van der Waals surface area contributed by atoms with Crippen LogP contribution in [0.4, 0.5) is 19.5 Å². The van der Waals surface area contributed by atoms with Gasteiger partial charge < -0.3 is 19.4 Å². The van der Waals surface area contributed by atoms with Gasteiger partial charge in [0.1, 0.15) is 11.6 Å². The fourth-order valence-corrected chi connectivity index (χ4v) is 1.71. The average Bonchev–Trinajstić information content (AvgIpc) is 2.66. The van der Waals surface area contributed by atoms with Crippen molar-refractivity contribution in [3.63, 3.8) is 0 Å². The van der Waals surface area contributed by atoms with E-state index in [1.165, 1.54) is 0 Å². The van der Waals surface area contributed by atoms with Crippen molar-refractivity contribution in [1.29, 1.82) is 0 Å². The summed E-state index contributed by atoms with van der Waals surface area (Å²) >= 11 is 0. The predicted octanol–water partition coefficient (Wildman–Crippen LogP) is 2.95. The Balaban J connectivity index is 2.65. The topological polar surface area (TPSA) is 109 Å². The molecule has 1 amide bonds. The number of amides is 1. The van der Waals surface area contributed by atoms with Gasteiger partial charge >= 0.3 is 12.1 Å². The van der Waals surface area contributed by atoms with Gasteiger partial charge in [0.05, 0.1) is 5.56 Å². The molecule has 22 heavy (non-hydrogen) atoms. The first-order valence-electron chi connectivity index (χ1n) is 5.79. The SMILES string of the molecule is CC(=O)Oc1c(NC(=O)O)oc(-c2c(F)cccc2F)c1O. The zero-order valence-corrected chi connectivity index (χ0v) is 11.0. The van der Waals surface area contributed by atoms with Gasteiger partial charge in [-0.15, -0.1) is 0 Å². The standard InChI is InChI=1S/C13H9F2NO6/c1-5(17)21-11-9(18)10(22-12(11)16-13(19)20)8-6(14)3-2-4-7(8)15/h2-4,16,18H,1H3,(H,19,20). The minimum Gasteiger partial charge on any atom is -0.502 e. The molecular weight excluding hydrogens is 304 g/mol. The number of aromatic hydroxyl groups is 1. The quantitative estimate of drug-likeness (QED) is 0.752. The number of carbonyl (C=O) groups excluding carboxylic acids is 1. The second-order valence-electron chi connectivity index (χ2n) is 4.06. The molecule has 2 aromatic rings. The molecule has 116 valence electrons. The smallest absolute Gasteiger partial charge is 0.411 e. The first kappa shape index (κ1) is 15.3. The van der Waals surface area contributed by atoms with Crippen LogP contribution >= 0.6 is 0 Å². The fourth-order valence-electron chi connectivity index (χ4n) is 1.71. The van der Waals surface area contributed by atoms with E-state index in [1.54, 1.807) is 5.32 Å². The van der Waals surface area contributed by atoms with Crippen molar-refractivity contribution >= 4 is 17.9 Å². The summed E-state index contributed by atoms with van der Waals surface area (Å²) in [7, 11) is 0. The third-order valence-corrected chi connectivity index (χ3v) is 2.50. The number of carboxylic acid groups (broad SMARTS) is 1. The van der Waals surface area contributed by atoms with Crippen molar-refractivity contribution in [2.45, 2.75) is 6.92 Å². The van der Waals surface area contributed by atoms with Crippen LogP contribution in [0, 0.1) is 11.6 Å².